The zero-order chi connectivity index (χ0) is 9.94. The van der Waals surface area contributed by atoms with Gasteiger partial charge < -0.3 is 5.32 Å². The third kappa shape index (κ3) is 8.29. The first-order valence-corrected chi connectivity index (χ1v) is 6.08. The predicted octanol–water partition coefficient (Wildman–Crippen LogP) is 3.74. The van der Waals surface area contributed by atoms with E-state index in [-0.39, 0.29) is 0 Å². The largest absolute Gasteiger partial charge is 0.314 e. The van der Waals surface area contributed by atoms with Gasteiger partial charge in [-0.3, -0.25) is 0 Å². The van der Waals surface area contributed by atoms with E-state index >= 15 is 0 Å². The molecule has 1 unspecified atom stereocenters. The van der Waals surface area contributed by atoms with E-state index in [4.69, 9.17) is 0 Å². The molecule has 80 valence electrons. The quantitative estimate of drug-likeness (QED) is 0.540. The molecule has 0 saturated carbocycles. The van der Waals surface area contributed by atoms with Crippen LogP contribution in [0.25, 0.3) is 0 Å². The Morgan fingerprint density at radius 2 is 1.62 bits per heavy atom. The summed E-state index contributed by atoms with van der Waals surface area (Å²) in [6, 6.07) is 0.775. The summed E-state index contributed by atoms with van der Waals surface area (Å²) in [6.45, 7) is 8.03. The highest BCUT2D eigenvalue weighted by molar-refractivity contribution is 4.64. The normalized spacial score (nSPS) is 13.2. The van der Waals surface area contributed by atoms with Crippen LogP contribution < -0.4 is 5.32 Å². The Kier molecular flexibility index (Phi) is 10.0. The van der Waals surface area contributed by atoms with Crippen molar-refractivity contribution in [2.75, 3.05) is 6.54 Å². The number of hydrogen-bond donors (Lipinski definition) is 1. The Labute approximate surface area is 84.3 Å². The van der Waals surface area contributed by atoms with Gasteiger partial charge in [-0.1, -0.05) is 46.5 Å². The van der Waals surface area contributed by atoms with Crippen LogP contribution in [-0.4, -0.2) is 12.6 Å². The van der Waals surface area contributed by atoms with Gasteiger partial charge in [0.15, 0.2) is 0 Å². The van der Waals surface area contributed by atoms with Crippen molar-refractivity contribution in [2.45, 2.75) is 71.8 Å². The standard InChI is InChI=1S/C12H27N/c1-4-7-9-11-13-12(6-3)10-8-5-2/h12-13H,4-11H2,1-3H3. The number of hydrogen-bond acceptors (Lipinski definition) is 1. The van der Waals surface area contributed by atoms with Gasteiger partial charge in [-0.2, -0.15) is 0 Å². The van der Waals surface area contributed by atoms with Crippen LogP contribution in [-0.2, 0) is 0 Å². The molecule has 0 aliphatic carbocycles. The van der Waals surface area contributed by atoms with Gasteiger partial charge in [-0.25, -0.2) is 0 Å². The monoisotopic (exact) mass is 185 g/mol. The highest BCUT2D eigenvalue weighted by Crippen LogP contribution is 2.04. The van der Waals surface area contributed by atoms with Crippen LogP contribution in [0.15, 0.2) is 0 Å². The lowest BCUT2D eigenvalue weighted by Gasteiger charge is -2.16. The van der Waals surface area contributed by atoms with E-state index in [9.17, 15) is 0 Å². The SMILES string of the molecule is CCCCCNC(CC)CCCC. The van der Waals surface area contributed by atoms with Crippen molar-refractivity contribution < 1.29 is 0 Å². The summed E-state index contributed by atoms with van der Waals surface area (Å²) >= 11 is 0. The molecule has 0 radical (unpaired) electrons. The van der Waals surface area contributed by atoms with Crippen molar-refractivity contribution in [1.29, 1.82) is 0 Å². The topological polar surface area (TPSA) is 12.0 Å². The van der Waals surface area contributed by atoms with Gasteiger partial charge >= 0.3 is 0 Å². The van der Waals surface area contributed by atoms with Crippen molar-refractivity contribution in [3.05, 3.63) is 0 Å². The third-order valence-electron chi connectivity index (χ3n) is 2.61. The molecule has 0 aliphatic rings. The van der Waals surface area contributed by atoms with E-state index in [1.807, 2.05) is 0 Å². The van der Waals surface area contributed by atoms with Crippen LogP contribution in [0, 0.1) is 0 Å². The lowest BCUT2D eigenvalue weighted by molar-refractivity contribution is 0.445. The Hall–Kier alpha value is -0.0400. The van der Waals surface area contributed by atoms with Gasteiger partial charge in [0, 0.05) is 6.04 Å². The molecular weight excluding hydrogens is 158 g/mol. The Morgan fingerprint density at radius 1 is 0.923 bits per heavy atom. The maximum Gasteiger partial charge on any atom is 0.00644 e. The molecule has 0 bridgehead atoms. The molecule has 13 heavy (non-hydrogen) atoms. The van der Waals surface area contributed by atoms with Gasteiger partial charge in [0.05, 0.1) is 0 Å². The smallest absolute Gasteiger partial charge is 0.00644 e. The zero-order valence-electron chi connectivity index (χ0n) is 9.73. The molecule has 1 heteroatoms. The van der Waals surface area contributed by atoms with Crippen molar-refractivity contribution in [1.82, 2.24) is 5.32 Å². The second-order valence-corrected chi connectivity index (χ2v) is 3.91. The van der Waals surface area contributed by atoms with Crippen molar-refractivity contribution >= 4 is 0 Å². The average molecular weight is 185 g/mol. The summed E-state index contributed by atoms with van der Waals surface area (Å²) < 4.78 is 0. The second kappa shape index (κ2) is 10.0. The molecule has 0 aromatic carbocycles. The molecule has 1 atom stereocenters. The van der Waals surface area contributed by atoms with Gasteiger partial charge in [0.2, 0.25) is 0 Å². The van der Waals surface area contributed by atoms with E-state index < -0.39 is 0 Å². The summed E-state index contributed by atoms with van der Waals surface area (Å²) in [7, 11) is 0. The van der Waals surface area contributed by atoms with E-state index in [1.165, 1.54) is 51.5 Å². The Bertz CT molecular complexity index is 91.1. The lowest BCUT2D eigenvalue weighted by atomic mass is 10.1. The van der Waals surface area contributed by atoms with E-state index in [0.717, 1.165) is 6.04 Å². The fourth-order valence-electron chi connectivity index (χ4n) is 1.58. The maximum atomic E-state index is 3.64. The minimum atomic E-state index is 0.775. The van der Waals surface area contributed by atoms with Crippen molar-refractivity contribution in [3.63, 3.8) is 0 Å². The predicted molar refractivity (Wildman–Crippen MR) is 61.1 cm³/mol. The molecule has 0 aromatic rings. The molecule has 0 spiro atoms. The summed E-state index contributed by atoms with van der Waals surface area (Å²) in [5.41, 5.74) is 0. The molecule has 0 aromatic heterocycles. The molecule has 1 N–H and O–H groups in total. The molecule has 0 amide bonds. The lowest BCUT2D eigenvalue weighted by Crippen LogP contribution is -2.29. The zero-order valence-corrected chi connectivity index (χ0v) is 9.73. The van der Waals surface area contributed by atoms with Crippen LogP contribution >= 0.6 is 0 Å². The fraction of sp³-hybridized carbons (Fsp3) is 1.00. The number of rotatable bonds is 9. The van der Waals surface area contributed by atoms with E-state index in [1.54, 1.807) is 0 Å². The van der Waals surface area contributed by atoms with Crippen LogP contribution in [0.3, 0.4) is 0 Å². The molecule has 1 nitrogen and oxygen atoms in total. The van der Waals surface area contributed by atoms with E-state index in [2.05, 4.69) is 26.1 Å². The average Bonchev–Trinajstić information content (AvgIpc) is 2.17. The number of unbranched alkanes of at least 4 members (excludes halogenated alkanes) is 3. The van der Waals surface area contributed by atoms with E-state index in [0.29, 0.717) is 0 Å². The summed E-state index contributed by atoms with van der Waals surface area (Å²) in [4.78, 5) is 0. The Balaban J connectivity index is 3.25. The maximum absolute atomic E-state index is 3.64. The molecule has 0 aliphatic heterocycles. The van der Waals surface area contributed by atoms with Gasteiger partial charge in [-0.05, 0) is 25.8 Å². The minimum absolute atomic E-state index is 0.775. The molecule has 0 saturated heterocycles. The minimum Gasteiger partial charge on any atom is -0.314 e. The first-order chi connectivity index (χ1) is 6.35. The summed E-state index contributed by atoms with van der Waals surface area (Å²) in [5.74, 6) is 0. The first kappa shape index (κ1) is 13.0. The highest BCUT2D eigenvalue weighted by Gasteiger charge is 2.02. The number of nitrogens with one attached hydrogen (secondary N) is 1. The van der Waals surface area contributed by atoms with Crippen LogP contribution in [0.4, 0.5) is 0 Å². The van der Waals surface area contributed by atoms with Crippen molar-refractivity contribution in [2.24, 2.45) is 0 Å². The summed E-state index contributed by atoms with van der Waals surface area (Å²) in [6.07, 6.45) is 9.39. The fourth-order valence-corrected chi connectivity index (χ4v) is 1.58. The van der Waals surface area contributed by atoms with Crippen LogP contribution in [0.2, 0.25) is 0 Å². The van der Waals surface area contributed by atoms with Crippen LogP contribution in [0.5, 0.6) is 0 Å². The summed E-state index contributed by atoms with van der Waals surface area (Å²) in [5, 5.41) is 3.64. The Morgan fingerprint density at radius 3 is 2.15 bits per heavy atom. The molecule has 0 fully saturated rings. The first-order valence-electron chi connectivity index (χ1n) is 6.08. The molecule has 0 rings (SSSR count). The molecule has 0 heterocycles. The van der Waals surface area contributed by atoms with Crippen LogP contribution in [0.1, 0.15) is 65.7 Å². The van der Waals surface area contributed by atoms with Crippen molar-refractivity contribution in [3.8, 4) is 0 Å². The van der Waals surface area contributed by atoms with Gasteiger partial charge in [-0.15, -0.1) is 0 Å². The van der Waals surface area contributed by atoms with Gasteiger partial charge in [0.1, 0.15) is 0 Å². The molecular formula is C12H27N. The highest BCUT2D eigenvalue weighted by atomic mass is 14.9. The third-order valence-corrected chi connectivity index (χ3v) is 2.61. The van der Waals surface area contributed by atoms with Gasteiger partial charge in [0.25, 0.3) is 0 Å². The second-order valence-electron chi connectivity index (χ2n) is 3.91.